The molecule has 3 nitrogen and oxygen atoms in total. The van der Waals surface area contributed by atoms with Crippen LogP contribution in [-0.4, -0.2) is 6.61 Å². The highest BCUT2D eigenvalue weighted by Crippen LogP contribution is 2.31. The first-order valence-electron chi connectivity index (χ1n) is 5.84. The molecule has 0 spiro atoms. The Morgan fingerprint density at radius 2 is 2.05 bits per heavy atom. The Bertz CT molecular complexity index is 590. The first kappa shape index (κ1) is 14.0. The topological polar surface area (TPSA) is 47.3 Å². The van der Waals surface area contributed by atoms with Crippen molar-refractivity contribution in [3.05, 3.63) is 45.9 Å². The average Bonchev–Trinajstić information content (AvgIpc) is 2.37. The molecule has 0 saturated heterocycles. The van der Waals surface area contributed by atoms with Gasteiger partial charge in [0.15, 0.2) is 0 Å². The minimum absolute atomic E-state index is 0.576. The zero-order valence-electron chi connectivity index (χ0n) is 10.4. The molecule has 2 aromatic rings. The summed E-state index contributed by atoms with van der Waals surface area (Å²) in [4.78, 5) is 0. The second kappa shape index (κ2) is 6.17. The summed E-state index contributed by atoms with van der Waals surface area (Å²) in [5.74, 6) is 0.667. The molecule has 0 bridgehead atoms. The van der Waals surface area contributed by atoms with Gasteiger partial charge >= 0.3 is 0 Å². The van der Waals surface area contributed by atoms with E-state index in [1.54, 1.807) is 6.07 Å². The van der Waals surface area contributed by atoms with Gasteiger partial charge in [-0.25, -0.2) is 0 Å². The smallest absolute Gasteiger partial charge is 0.144 e. The number of nitrogens with one attached hydrogen (secondary N) is 1. The van der Waals surface area contributed by atoms with Gasteiger partial charge in [-0.2, -0.15) is 0 Å². The second-order valence-corrected chi connectivity index (χ2v) is 5.26. The number of benzene rings is 2. The number of nitrogen functional groups attached to an aromatic ring is 1. The SMILES string of the molecule is CCOc1cc(Nc2ccc(Br)cc2Cl)ccc1N. The Morgan fingerprint density at radius 3 is 2.74 bits per heavy atom. The number of hydrogen-bond acceptors (Lipinski definition) is 3. The van der Waals surface area contributed by atoms with Gasteiger partial charge in [0.05, 0.1) is 23.0 Å². The molecule has 0 saturated carbocycles. The Balaban J connectivity index is 2.25. The van der Waals surface area contributed by atoms with Crippen LogP contribution < -0.4 is 15.8 Å². The maximum Gasteiger partial charge on any atom is 0.144 e. The fourth-order valence-electron chi connectivity index (χ4n) is 1.64. The van der Waals surface area contributed by atoms with Gasteiger partial charge in [0.25, 0.3) is 0 Å². The molecule has 2 aromatic carbocycles. The fraction of sp³-hybridized carbons (Fsp3) is 0.143. The van der Waals surface area contributed by atoms with Gasteiger partial charge in [-0.3, -0.25) is 0 Å². The Morgan fingerprint density at radius 1 is 1.26 bits per heavy atom. The molecule has 0 aliphatic rings. The van der Waals surface area contributed by atoms with E-state index in [2.05, 4.69) is 21.2 Å². The van der Waals surface area contributed by atoms with Crippen molar-refractivity contribution in [3.63, 3.8) is 0 Å². The molecule has 0 aromatic heterocycles. The number of ether oxygens (including phenoxy) is 1. The van der Waals surface area contributed by atoms with Crippen LogP contribution in [0.15, 0.2) is 40.9 Å². The third kappa shape index (κ3) is 3.55. The van der Waals surface area contributed by atoms with Gasteiger partial charge in [-0.05, 0) is 37.3 Å². The fourth-order valence-corrected chi connectivity index (χ4v) is 2.36. The van der Waals surface area contributed by atoms with Crippen LogP contribution in [0.3, 0.4) is 0 Å². The molecule has 0 radical (unpaired) electrons. The van der Waals surface area contributed by atoms with E-state index < -0.39 is 0 Å². The predicted octanol–water partition coefficient (Wildman–Crippen LogP) is 4.83. The molecule has 0 atom stereocenters. The number of hydrogen-bond donors (Lipinski definition) is 2. The largest absolute Gasteiger partial charge is 0.492 e. The summed E-state index contributed by atoms with van der Waals surface area (Å²) in [6.45, 7) is 2.50. The molecule has 0 fully saturated rings. The Kier molecular flexibility index (Phi) is 4.56. The molecular formula is C14H14BrClN2O. The highest BCUT2D eigenvalue weighted by Gasteiger charge is 2.05. The van der Waals surface area contributed by atoms with Crippen LogP contribution in [0.1, 0.15) is 6.92 Å². The minimum atomic E-state index is 0.576. The van der Waals surface area contributed by atoms with Crippen LogP contribution in [-0.2, 0) is 0 Å². The lowest BCUT2D eigenvalue weighted by Gasteiger charge is -2.12. The lowest BCUT2D eigenvalue weighted by Crippen LogP contribution is -1.98. The number of rotatable bonds is 4. The van der Waals surface area contributed by atoms with Gasteiger partial charge in [0, 0.05) is 16.2 Å². The second-order valence-electron chi connectivity index (χ2n) is 3.93. The van der Waals surface area contributed by atoms with Crippen LogP contribution in [0, 0.1) is 0 Å². The van der Waals surface area contributed by atoms with Crippen molar-refractivity contribution in [2.45, 2.75) is 6.92 Å². The van der Waals surface area contributed by atoms with E-state index in [-0.39, 0.29) is 0 Å². The monoisotopic (exact) mass is 340 g/mol. The van der Waals surface area contributed by atoms with Crippen LogP contribution in [0.2, 0.25) is 5.02 Å². The first-order chi connectivity index (χ1) is 9.10. The Labute approximate surface area is 125 Å². The van der Waals surface area contributed by atoms with Crippen molar-refractivity contribution < 1.29 is 4.74 Å². The van der Waals surface area contributed by atoms with Crippen molar-refractivity contribution in [1.82, 2.24) is 0 Å². The van der Waals surface area contributed by atoms with Crippen molar-refractivity contribution in [2.24, 2.45) is 0 Å². The summed E-state index contributed by atoms with van der Waals surface area (Å²) in [7, 11) is 0. The third-order valence-electron chi connectivity index (χ3n) is 2.52. The van der Waals surface area contributed by atoms with Crippen LogP contribution >= 0.6 is 27.5 Å². The van der Waals surface area contributed by atoms with Crippen molar-refractivity contribution in [1.29, 1.82) is 0 Å². The van der Waals surface area contributed by atoms with Gasteiger partial charge in [-0.1, -0.05) is 27.5 Å². The number of nitrogens with two attached hydrogens (primary N) is 1. The van der Waals surface area contributed by atoms with E-state index >= 15 is 0 Å². The van der Waals surface area contributed by atoms with Crippen molar-refractivity contribution in [2.75, 3.05) is 17.7 Å². The van der Waals surface area contributed by atoms with Crippen LogP contribution in [0.5, 0.6) is 5.75 Å². The summed E-state index contributed by atoms with van der Waals surface area (Å²) in [6.07, 6.45) is 0. The van der Waals surface area contributed by atoms with E-state index in [4.69, 9.17) is 22.1 Å². The molecule has 0 aliphatic heterocycles. The highest BCUT2D eigenvalue weighted by molar-refractivity contribution is 9.10. The van der Waals surface area contributed by atoms with Crippen LogP contribution in [0.25, 0.3) is 0 Å². The summed E-state index contributed by atoms with van der Waals surface area (Å²) in [6, 6.07) is 11.2. The maximum atomic E-state index is 6.16. The molecule has 2 rings (SSSR count). The lowest BCUT2D eigenvalue weighted by atomic mass is 10.2. The third-order valence-corrected chi connectivity index (χ3v) is 3.33. The number of halogens is 2. The van der Waals surface area contributed by atoms with Gasteiger partial charge in [0.2, 0.25) is 0 Å². The van der Waals surface area contributed by atoms with E-state index in [1.807, 2.05) is 37.3 Å². The molecule has 0 aliphatic carbocycles. The average molecular weight is 342 g/mol. The van der Waals surface area contributed by atoms with Crippen molar-refractivity contribution in [3.8, 4) is 5.75 Å². The molecule has 3 N–H and O–H groups in total. The molecular weight excluding hydrogens is 328 g/mol. The first-order valence-corrected chi connectivity index (χ1v) is 7.01. The molecule has 0 amide bonds. The summed E-state index contributed by atoms with van der Waals surface area (Å²) < 4.78 is 6.40. The molecule has 0 unspecified atom stereocenters. The van der Waals surface area contributed by atoms with Crippen LogP contribution in [0.4, 0.5) is 17.1 Å². The Hall–Kier alpha value is -1.39. The molecule has 19 heavy (non-hydrogen) atoms. The minimum Gasteiger partial charge on any atom is -0.492 e. The van der Waals surface area contributed by atoms with E-state index in [0.29, 0.717) is 23.1 Å². The lowest BCUT2D eigenvalue weighted by molar-refractivity contribution is 0.342. The summed E-state index contributed by atoms with van der Waals surface area (Å²) in [5, 5.41) is 3.88. The normalized spacial score (nSPS) is 10.3. The molecule has 0 heterocycles. The highest BCUT2D eigenvalue weighted by atomic mass is 79.9. The van der Waals surface area contributed by atoms with Gasteiger partial charge in [-0.15, -0.1) is 0 Å². The quantitative estimate of drug-likeness (QED) is 0.783. The zero-order chi connectivity index (χ0) is 13.8. The van der Waals surface area contributed by atoms with Gasteiger partial charge in [0.1, 0.15) is 5.75 Å². The summed E-state index contributed by atoms with van der Waals surface area (Å²) >= 11 is 9.54. The van der Waals surface area contributed by atoms with E-state index in [9.17, 15) is 0 Å². The van der Waals surface area contributed by atoms with E-state index in [1.165, 1.54) is 0 Å². The summed E-state index contributed by atoms with van der Waals surface area (Å²) in [5.41, 5.74) is 8.16. The molecule has 100 valence electrons. The molecule has 5 heteroatoms. The number of anilines is 3. The maximum absolute atomic E-state index is 6.16. The zero-order valence-corrected chi connectivity index (χ0v) is 12.8. The standard InChI is InChI=1S/C14H14BrClN2O/c1-2-19-14-8-10(4-5-12(14)17)18-13-6-3-9(15)7-11(13)16/h3-8,18H,2,17H2,1H3. The van der Waals surface area contributed by atoms with Crippen molar-refractivity contribution >= 4 is 44.6 Å². The predicted molar refractivity (Wildman–Crippen MR) is 84.5 cm³/mol. The van der Waals surface area contributed by atoms with Gasteiger partial charge < -0.3 is 15.8 Å². The van der Waals surface area contributed by atoms with E-state index in [0.717, 1.165) is 15.8 Å².